The van der Waals surface area contributed by atoms with Crippen molar-refractivity contribution in [1.29, 1.82) is 0 Å². The Morgan fingerprint density at radius 1 is 1.44 bits per heavy atom. The van der Waals surface area contributed by atoms with E-state index in [1.807, 2.05) is 18.7 Å². The normalized spacial score (nSPS) is 34.8. The summed E-state index contributed by atoms with van der Waals surface area (Å²) in [6.07, 6.45) is 2.96. The Hall–Kier alpha value is -0.610. The van der Waals surface area contributed by atoms with Gasteiger partial charge in [0.05, 0.1) is 6.61 Å². The maximum absolute atomic E-state index is 10.9. The molecule has 16 heavy (non-hydrogen) atoms. The van der Waals surface area contributed by atoms with Crippen molar-refractivity contribution in [1.82, 2.24) is 9.80 Å². The third-order valence-electron chi connectivity index (χ3n) is 3.46. The molecule has 2 heterocycles. The molecule has 2 atom stereocenters. The first-order chi connectivity index (χ1) is 7.68. The molecule has 0 N–H and O–H groups in total. The smallest absolute Gasteiger partial charge is 0.211 e. The van der Waals surface area contributed by atoms with Crippen molar-refractivity contribution in [2.24, 2.45) is 0 Å². The molecule has 2 fully saturated rings. The zero-order valence-corrected chi connectivity index (χ0v) is 10.9. The van der Waals surface area contributed by atoms with Gasteiger partial charge < -0.3 is 9.64 Å². The van der Waals surface area contributed by atoms with Gasteiger partial charge in [-0.2, -0.15) is 0 Å². The van der Waals surface area contributed by atoms with E-state index >= 15 is 0 Å². The summed E-state index contributed by atoms with van der Waals surface area (Å²) in [4.78, 5) is 15.0. The van der Waals surface area contributed by atoms with Gasteiger partial charge in [-0.25, -0.2) is 0 Å². The standard InChI is InChI=1S/C10H18N2O2.C2H6/c1-9-6-14-10(7-11(9)2)4-3-5-12(10)8-13;1-2/h8-9H,3-7H2,1-2H3;1-2H3. The molecule has 0 saturated carbocycles. The van der Waals surface area contributed by atoms with E-state index in [-0.39, 0.29) is 5.72 Å². The Labute approximate surface area is 98.5 Å². The van der Waals surface area contributed by atoms with Crippen LogP contribution in [-0.2, 0) is 9.53 Å². The van der Waals surface area contributed by atoms with E-state index in [0.717, 1.165) is 38.9 Å². The molecule has 0 aromatic heterocycles. The van der Waals surface area contributed by atoms with E-state index in [9.17, 15) is 4.79 Å². The number of hydrogen-bond acceptors (Lipinski definition) is 3. The Morgan fingerprint density at radius 2 is 2.12 bits per heavy atom. The van der Waals surface area contributed by atoms with E-state index in [1.165, 1.54) is 0 Å². The second-order valence-electron chi connectivity index (χ2n) is 4.42. The summed E-state index contributed by atoms with van der Waals surface area (Å²) >= 11 is 0. The Morgan fingerprint density at radius 3 is 2.69 bits per heavy atom. The minimum absolute atomic E-state index is 0.316. The van der Waals surface area contributed by atoms with Gasteiger partial charge in [-0.05, 0) is 26.8 Å². The monoisotopic (exact) mass is 228 g/mol. The van der Waals surface area contributed by atoms with Crippen molar-refractivity contribution in [2.75, 3.05) is 26.7 Å². The average molecular weight is 228 g/mol. The van der Waals surface area contributed by atoms with Crippen LogP contribution in [0.1, 0.15) is 33.6 Å². The summed E-state index contributed by atoms with van der Waals surface area (Å²) < 4.78 is 5.87. The van der Waals surface area contributed by atoms with Crippen LogP contribution in [0, 0.1) is 0 Å². The van der Waals surface area contributed by atoms with E-state index in [4.69, 9.17) is 4.74 Å². The Bertz CT molecular complexity index is 235. The lowest BCUT2D eigenvalue weighted by atomic mass is 10.1. The predicted octanol–water partition coefficient (Wildman–Crippen LogP) is 1.31. The Balaban J connectivity index is 0.000000606. The predicted molar refractivity (Wildman–Crippen MR) is 64.1 cm³/mol. The number of hydrogen-bond donors (Lipinski definition) is 0. The van der Waals surface area contributed by atoms with Crippen molar-refractivity contribution in [2.45, 2.75) is 45.4 Å². The van der Waals surface area contributed by atoms with E-state index in [0.29, 0.717) is 6.04 Å². The lowest BCUT2D eigenvalue weighted by molar-refractivity contribution is -0.189. The highest BCUT2D eigenvalue weighted by atomic mass is 16.5. The van der Waals surface area contributed by atoms with Crippen molar-refractivity contribution in [3.63, 3.8) is 0 Å². The van der Waals surface area contributed by atoms with Gasteiger partial charge in [-0.1, -0.05) is 13.8 Å². The summed E-state index contributed by atoms with van der Waals surface area (Å²) in [5.74, 6) is 0. The maximum Gasteiger partial charge on any atom is 0.211 e. The molecule has 2 unspecified atom stereocenters. The van der Waals surface area contributed by atoms with Crippen LogP contribution < -0.4 is 0 Å². The van der Waals surface area contributed by atoms with E-state index in [2.05, 4.69) is 18.9 Å². The third kappa shape index (κ3) is 2.38. The van der Waals surface area contributed by atoms with Crippen LogP contribution in [0.3, 0.4) is 0 Å². The van der Waals surface area contributed by atoms with Crippen LogP contribution in [0.5, 0.6) is 0 Å². The summed E-state index contributed by atoms with van der Waals surface area (Å²) in [6, 6.07) is 0.453. The molecule has 1 spiro atoms. The highest BCUT2D eigenvalue weighted by Gasteiger charge is 2.45. The fourth-order valence-electron chi connectivity index (χ4n) is 2.34. The summed E-state index contributed by atoms with van der Waals surface area (Å²) in [5.41, 5.74) is -0.316. The second kappa shape index (κ2) is 5.64. The number of nitrogens with zero attached hydrogens (tertiary/aromatic N) is 2. The number of ether oxygens (including phenoxy) is 1. The number of likely N-dealkylation sites (tertiary alicyclic amines) is 1. The number of morpholine rings is 1. The largest absolute Gasteiger partial charge is 0.353 e. The summed E-state index contributed by atoms with van der Waals surface area (Å²) in [6.45, 7) is 8.55. The fourth-order valence-corrected chi connectivity index (χ4v) is 2.34. The molecule has 0 aliphatic carbocycles. The van der Waals surface area contributed by atoms with Crippen LogP contribution in [0.4, 0.5) is 0 Å². The molecule has 2 aliphatic heterocycles. The first-order valence-electron chi connectivity index (χ1n) is 6.24. The van der Waals surface area contributed by atoms with Gasteiger partial charge in [0.1, 0.15) is 0 Å². The number of rotatable bonds is 1. The zero-order chi connectivity index (χ0) is 12.2. The molecule has 0 radical (unpaired) electrons. The van der Waals surface area contributed by atoms with Gasteiger partial charge in [-0.3, -0.25) is 9.69 Å². The van der Waals surface area contributed by atoms with E-state index < -0.39 is 0 Å². The first kappa shape index (κ1) is 13.5. The zero-order valence-electron chi connectivity index (χ0n) is 10.9. The second-order valence-corrected chi connectivity index (χ2v) is 4.42. The molecule has 1 amide bonds. The van der Waals surface area contributed by atoms with Crippen LogP contribution in [0.25, 0.3) is 0 Å². The van der Waals surface area contributed by atoms with Gasteiger partial charge in [0.25, 0.3) is 0 Å². The lowest BCUT2D eigenvalue weighted by Gasteiger charge is -2.45. The third-order valence-corrected chi connectivity index (χ3v) is 3.46. The molecule has 0 aromatic carbocycles. The minimum atomic E-state index is -0.316. The average Bonchev–Trinajstić information content (AvgIpc) is 2.70. The molecule has 0 bridgehead atoms. The number of carbonyl (C=O) groups is 1. The van der Waals surface area contributed by atoms with Crippen molar-refractivity contribution in [3.05, 3.63) is 0 Å². The molecule has 4 heteroatoms. The van der Waals surface area contributed by atoms with Crippen molar-refractivity contribution >= 4 is 6.41 Å². The van der Waals surface area contributed by atoms with Crippen LogP contribution in [0.15, 0.2) is 0 Å². The topological polar surface area (TPSA) is 32.8 Å². The SMILES string of the molecule is CC.CC1COC2(CCCN2C=O)CN1C. The molecule has 94 valence electrons. The Kier molecular flexibility index (Phi) is 4.74. The lowest BCUT2D eigenvalue weighted by Crippen LogP contribution is -2.59. The molecule has 0 aromatic rings. The minimum Gasteiger partial charge on any atom is -0.353 e. The van der Waals surface area contributed by atoms with Gasteiger partial charge in [0.15, 0.2) is 5.72 Å². The van der Waals surface area contributed by atoms with Crippen LogP contribution in [-0.4, -0.2) is 54.7 Å². The van der Waals surface area contributed by atoms with Gasteiger partial charge in [0.2, 0.25) is 6.41 Å². The fraction of sp³-hybridized carbons (Fsp3) is 0.917. The first-order valence-corrected chi connectivity index (χ1v) is 6.24. The number of amides is 1. The summed E-state index contributed by atoms with van der Waals surface area (Å²) in [5, 5.41) is 0. The van der Waals surface area contributed by atoms with E-state index in [1.54, 1.807) is 0 Å². The van der Waals surface area contributed by atoms with Crippen LogP contribution in [0.2, 0.25) is 0 Å². The number of carbonyl (C=O) groups excluding carboxylic acids is 1. The van der Waals surface area contributed by atoms with Gasteiger partial charge in [-0.15, -0.1) is 0 Å². The highest BCUT2D eigenvalue weighted by Crippen LogP contribution is 2.33. The summed E-state index contributed by atoms with van der Waals surface area (Å²) in [7, 11) is 2.09. The maximum atomic E-state index is 10.9. The van der Waals surface area contributed by atoms with Crippen molar-refractivity contribution in [3.8, 4) is 0 Å². The van der Waals surface area contributed by atoms with Gasteiger partial charge >= 0.3 is 0 Å². The number of likely N-dealkylation sites (N-methyl/N-ethyl adjacent to an activating group) is 1. The molecular formula is C12H24N2O2. The molecule has 4 nitrogen and oxygen atoms in total. The molecule has 2 aliphatic rings. The molecular weight excluding hydrogens is 204 g/mol. The van der Waals surface area contributed by atoms with Crippen LogP contribution >= 0.6 is 0 Å². The van der Waals surface area contributed by atoms with Gasteiger partial charge in [0, 0.05) is 19.1 Å². The molecule has 2 rings (SSSR count). The highest BCUT2D eigenvalue weighted by molar-refractivity contribution is 5.49. The van der Waals surface area contributed by atoms with Crippen molar-refractivity contribution < 1.29 is 9.53 Å². The quantitative estimate of drug-likeness (QED) is 0.634. The molecule has 2 saturated heterocycles.